The molecule has 1 amide bonds. The average Bonchev–Trinajstić information content (AvgIpc) is 2.27. The zero-order valence-corrected chi connectivity index (χ0v) is 10.3. The molecule has 1 rings (SSSR count). The molecule has 5 heteroatoms. The molecule has 0 atom stereocenters. The molecule has 1 aromatic rings. The van der Waals surface area contributed by atoms with E-state index in [1.165, 1.54) is 13.1 Å². The number of hydrogen-bond donors (Lipinski definition) is 2. The maximum atomic E-state index is 10.8. The fourth-order valence-electron chi connectivity index (χ4n) is 1.33. The predicted octanol–water partition coefficient (Wildman–Crippen LogP) is 0.966. The van der Waals surface area contributed by atoms with Crippen molar-refractivity contribution in [3.8, 4) is 11.8 Å². The van der Waals surface area contributed by atoms with E-state index in [-0.39, 0.29) is 11.6 Å². The van der Waals surface area contributed by atoms with Crippen molar-refractivity contribution in [2.45, 2.75) is 20.3 Å². The Balaban J connectivity index is 2.64. The number of aromatic nitrogens is 1. The highest BCUT2D eigenvalue weighted by molar-refractivity contribution is 5.87. The molecule has 0 spiro atoms. The Bertz CT molecular complexity index is 527. The SMILES string of the molecule is CC(=O)NCCC#Cc1cnc(C(=O)O)c(C)c1. The molecule has 0 bridgehead atoms. The number of nitrogens with one attached hydrogen (secondary N) is 1. The van der Waals surface area contributed by atoms with E-state index < -0.39 is 5.97 Å². The number of amides is 1. The Kier molecular flexibility index (Phi) is 4.88. The van der Waals surface area contributed by atoms with Gasteiger partial charge in [-0.2, -0.15) is 0 Å². The minimum absolute atomic E-state index is 0.0406. The van der Waals surface area contributed by atoms with E-state index in [0.717, 1.165) is 0 Å². The van der Waals surface area contributed by atoms with E-state index in [0.29, 0.717) is 24.1 Å². The summed E-state index contributed by atoms with van der Waals surface area (Å²) < 4.78 is 0. The topological polar surface area (TPSA) is 79.3 Å². The van der Waals surface area contributed by atoms with Crippen molar-refractivity contribution in [3.05, 3.63) is 29.1 Å². The number of aromatic carboxylic acids is 1. The summed E-state index contributed by atoms with van der Waals surface area (Å²) in [6.45, 7) is 3.63. The number of carbonyl (C=O) groups excluding carboxylic acids is 1. The first-order chi connectivity index (χ1) is 8.50. The lowest BCUT2D eigenvalue weighted by Gasteiger charge is -1.99. The molecule has 0 fully saturated rings. The van der Waals surface area contributed by atoms with Crippen LogP contribution in [0, 0.1) is 18.8 Å². The third kappa shape index (κ3) is 4.26. The largest absolute Gasteiger partial charge is 0.477 e. The smallest absolute Gasteiger partial charge is 0.354 e. The average molecular weight is 246 g/mol. The summed E-state index contributed by atoms with van der Waals surface area (Å²) in [6.07, 6.45) is 1.97. The molecule has 0 aliphatic rings. The second kappa shape index (κ2) is 6.40. The van der Waals surface area contributed by atoms with Crippen LogP contribution in [0.2, 0.25) is 0 Å². The van der Waals surface area contributed by atoms with E-state index in [2.05, 4.69) is 22.1 Å². The molecule has 0 aliphatic carbocycles. The van der Waals surface area contributed by atoms with Gasteiger partial charge in [0.25, 0.3) is 0 Å². The Morgan fingerprint density at radius 1 is 1.50 bits per heavy atom. The quantitative estimate of drug-likeness (QED) is 0.615. The summed E-state index contributed by atoms with van der Waals surface area (Å²) in [6, 6.07) is 1.68. The number of nitrogens with zero attached hydrogens (tertiary/aromatic N) is 1. The molecule has 94 valence electrons. The van der Waals surface area contributed by atoms with Crippen molar-refractivity contribution < 1.29 is 14.7 Å². The van der Waals surface area contributed by atoms with Gasteiger partial charge in [-0.3, -0.25) is 4.79 Å². The van der Waals surface area contributed by atoms with Gasteiger partial charge in [0.2, 0.25) is 5.91 Å². The standard InChI is InChI=1S/C13H14N2O3/c1-9-7-11(8-15-12(9)13(17)18)5-3-4-6-14-10(2)16/h7-8H,4,6H2,1-2H3,(H,14,16)(H,17,18). The van der Waals surface area contributed by atoms with Crippen LogP contribution in [-0.2, 0) is 4.79 Å². The van der Waals surface area contributed by atoms with Crippen molar-refractivity contribution in [1.29, 1.82) is 0 Å². The Morgan fingerprint density at radius 2 is 2.22 bits per heavy atom. The van der Waals surface area contributed by atoms with Crippen LogP contribution in [0.25, 0.3) is 0 Å². The van der Waals surface area contributed by atoms with E-state index in [9.17, 15) is 9.59 Å². The van der Waals surface area contributed by atoms with Crippen molar-refractivity contribution in [2.75, 3.05) is 6.54 Å². The lowest BCUT2D eigenvalue weighted by atomic mass is 10.1. The van der Waals surface area contributed by atoms with Crippen LogP contribution in [0.4, 0.5) is 0 Å². The van der Waals surface area contributed by atoms with Gasteiger partial charge in [0, 0.05) is 31.6 Å². The lowest BCUT2D eigenvalue weighted by molar-refractivity contribution is -0.118. The third-order valence-corrected chi connectivity index (χ3v) is 2.14. The van der Waals surface area contributed by atoms with Gasteiger partial charge in [-0.15, -0.1) is 0 Å². The van der Waals surface area contributed by atoms with E-state index in [1.807, 2.05) is 0 Å². The van der Waals surface area contributed by atoms with Crippen molar-refractivity contribution >= 4 is 11.9 Å². The molecular formula is C13H14N2O3. The van der Waals surface area contributed by atoms with E-state index in [4.69, 9.17) is 5.11 Å². The number of carboxylic acids is 1. The van der Waals surface area contributed by atoms with Crippen LogP contribution in [0.5, 0.6) is 0 Å². The van der Waals surface area contributed by atoms with Crippen LogP contribution in [0.15, 0.2) is 12.3 Å². The first kappa shape index (κ1) is 13.7. The van der Waals surface area contributed by atoms with Gasteiger partial charge in [0.15, 0.2) is 5.69 Å². The molecule has 1 aromatic heterocycles. The highest BCUT2D eigenvalue weighted by atomic mass is 16.4. The molecule has 0 aromatic carbocycles. The van der Waals surface area contributed by atoms with Crippen molar-refractivity contribution in [3.63, 3.8) is 0 Å². The van der Waals surface area contributed by atoms with Gasteiger partial charge in [-0.1, -0.05) is 11.8 Å². The molecule has 18 heavy (non-hydrogen) atoms. The monoisotopic (exact) mass is 246 g/mol. The van der Waals surface area contributed by atoms with Gasteiger partial charge in [-0.25, -0.2) is 9.78 Å². The summed E-state index contributed by atoms with van der Waals surface area (Å²) in [5.41, 5.74) is 1.29. The number of carboxylic acid groups (broad SMARTS) is 1. The maximum absolute atomic E-state index is 10.8. The van der Waals surface area contributed by atoms with Crippen LogP contribution in [-0.4, -0.2) is 28.5 Å². The second-order valence-corrected chi connectivity index (χ2v) is 3.73. The van der Waals surface area contributed by atoms with Gasteiger partial charge >= 0.3 is 5.97 Å². The minimum atomic E-state index is -1.04. The van der Waals surface area contributed by atoms with Gasteiger partial charge in [0.1, 0.15) is 0 Å². The highest BCUT2D eigenvalue weighted by Gasteiger charge is 2.07. The molecule has 0 saturated carbocycles. The molecule has 1 heterocycles. The number of rotatable bonds is 3. The minimum Gasteiger partial charge on any atom is -0.477 e. The van der Waals surface area contributed by atoms with Crippen LogP contribution in [0.1, 0.15) is 35.0 Å². The van der Waals surface area contributed by atoms with Crippen LogP contribution in [0.3, 0.4) is 0 Å². The Morgan fingerprint density at radius 3 is 2.78 bits per heavy atom. The first-order valence-electron chi connectivity index (χ1n) is 5.44. The molecule has 0 aliphatic heterocycles. The van der Waals surface area contributed by atoms with Gasteiger partial charge in [-0.05, 0) is 18.6 Å². The fourth-order valence-corrected chi connectivity index (χ4v) is 1.33. The van der Waals surface area contributed by atoms with Crippen molar-refractivity contribution in [1.82, 2.24) is 10.3 Å². The zero-order chi connectivity index (χ0) is 13.5. The van der Waals surface area contributed by atoms with Crippen molar-refractivity contribution in [2.24, 2.45) is 0 Å². The second-order valence-electron chi connectivity index (χ2n) is 3.73. The third-order valence-electron chi connectivity index (χ3n) is 2.14. The zero-order valence-electron chi connectivity index (χ0n) is 10.3. The Hall–Kier alpha value is -2.35. The van der Waals surface area contributed by atoms with Gasteiger partial charge in [0.05, 0.1) is 0 Å². The summed E-state index contributed by atoms with van der Waals surface area (Å²) in [5.74, 6) is 4.62. The van der Waals surface area contributed by atoms with Crippen LogP contribution < -0.4 is 5.32 Å². The van der Waals surface area contributed by atoms with Crippen LogP contribution >= 0.6 is 0 Å². The molecule has 0 unspecified atom stereocenters. The fraction of sp³-hybridized carbons (Fsp3) is 0.308. The number of aryl methyl sites for hydroxylation is 1. The summed E-state index contributed by atoms with van der Waals surface area (Å²) >= 11 is 0. The number of carbonyl (C=O) groups is 2. The summed E-state index contributed by atoms with van der Waals surface area (Å²) in [5, 5.41) is 11.4. The number of pyridine rings is 1. The highest BCUT2D eigenvalue weighted by Crippen LogP contribution is 2.06. The summed E-state index contributed by atoms with van der Waals surface area (Å²) in [4.78, 5) is 25.2. The predicted molar refractivity (Wildman–Crippen MR) is 66.1 cm³/mol. The Labute approximate surface area is 105 Å². The lowest BCUT2D eigenvalue weighted by Crippen LogP contribution is -2.20. The van der Waals surface area contributed by atoms with E-state index in [1.54, 1.807) is 13.0 Å². The molecule has 5 nitrogen and oxygen atoms in total. The molecular weight excluding hydrogens is 232 g/mol. The summed E-state index contributed by atoms with van der Waals surface area (Å²) in [7, 11) is 0. The van der Waals surface area contributed by atoms with Gasteiger partial charge < -0.3 is 10.4 Å². The van der Waals surface area contributed by atoms with E-state index >= 15 is 0 Å². The molecule has 2 N–H and O–H groups in total. The number of hydrogen-bond acceptors (Lipinski definition) is 3. The molecule has 0 saturated heterocycles. The maximum Gasteiger partial charge on any atom is 0.354 e. The normalized spacial score (nSPS) is 9.22. The molecule has 0 radical (unpaired) electrons. The first-order valence-corrected chi connectivity index (χ1v) is 5.44.